The van der Waals surface area contributed by atoms with Gasteiger partial charge in [0.25, 0.3) is 0 Å². The Balaban J connectivity index is 1.58. The number of benzene rings is 2. The van der Waals surface area contributed by atoms with Crippen molar-refractivity contribution in [3.05, 3.63) is 54.1 Å². The summed E-state index contributed by atoms with van der Waals surface area (Å²) in [6.45, 7) is 5.30. The number of hydrogen-bond acceptors (Lipinski definition) is 5. The third-order valence-corrected chi connectivity index (χ3v) is 9.39. The van der Waals surface area contributed by atoms with Crippen LogP contribution < -0.4 is 10.2 Å². The van der Waals surface area contributed by atoms with Crippen molar-refractivity contribution in [2.75, 3.05) is 24.5 Å². The average Bonchev–Trinajstić information content (AvgIpc) is 2.93. The molecule has 1 N–H and O–H groups in total. The number of nitrogens with one attached hydrogen (secondary N) is 1. The fourth-order valence-electron chi connectivity index (χ4n) is 4.26. The Bertz CT molecular complexity index is 1150. The van der Waals surface area contributed by atoms with Crippen molar-refractivity contribution < 1.29 is 18.0 Å². The van der Waals surface area contributed by atoms with E-state index in [9.17, 15) is 18.0 Å². The highest BCUT2D eigenvalue weighted by molar-refractivity contribution is 8.00. The molecule has 0 aliphatic carbocycles. The highest BCUT2D eigenvalue weighted by Gasteiger charge is 2.32. The monoisotopic (exact) mass is 501 g/mol. The lowest BCUT2D eigenvalue weighted by molar-refractivity contribution is -0.123. The van der Waals surface area contributed by atoms with Gasteiger partial charge in [0.15, 0.2) is 0 Å². The van der Waals surface area contributed by atoms with Crippen LogP contribution >= 0.6 is 11.8 Å². The number of sulfonamides is 1. The third-order valence-electron chi connectivity index (χ3n) is 6.33. The lowest BCUT2D eigenvalue weighted by atomic mass is 10.0. The molecule has 4 rings (SSSR count). The highest BCUT2D eigenvalue weighted by Crippen LogP contribution is 2.39. The number of piperidine rings is 1. The van der Waals surface area contributed by atoms with E-state index in [1.165, 1.54) is 21.0 Å². The van der Waals surface area contributed by atoms with E-state index in [0.29, 0.717) is 31.2 Å². The molecule has 2 aromatic carbocycles. The molecule has 0 radical (unpaired) electrons. The van der Waals surface area contributed by atoms with Crippen LogP contribution in [0.1, 0.15) is 38.7 Å². The number of fused-ring (bicyclic) bond motifs is 1. The van der Waals surface area contributed by atoms with E-state index in [2.05, 4.69) is 12.2 Å². The lowest BCUT2D eigenvalue weighted by Crippen LogP contribution is -2.41. The van der Waals surface area contributed by atoms with Crippen LogP contribution in [0.2, 0.25) is 0 Å². The molecule has 2 heterocycles. The van der Waals surface area contributed by atoms with E-state index < -0.39 is 10.0 Å². The number of nitrogens with zero attached hydrogens (tertiary/aromatic N) is 2. The van der Waals surface area contributed by atoms with Gasteiger partial charge in [0, 0.05) is 36.2 Å². The molecule has 1 atom stereocenters. The summed E-state index contributed by atoms with van der Waals surface area (Å²) in [5, 5.41) is 2.89. The van der Waals surface area contributed by atoms with Crippen LogP contribution in [-0.4, -0.2) is 49.4 Å². The normalized spacial score (nSPS) is 20.0. The molecule has 34 heavy (non-hydrogen) atoms. The molecule has 0 saturated carbocycles. The van der Waals surface area contributed by atoms with Crippen LogP contribution in [-0.2, 0) is 26.2 Å². The van der Waals surface area contributed by atoms with Crippen molar-refractivity contribution in [3.63, 3.8) is 0 Å². The molecule has 1 saturated heterocycles. The summed E-state index contributed by atoms with van der Waals surface area (Å²) < 4.78 is 28.2. The van der Waals surface area contributed by atoms with Crippen LogP contribution in [0, 0.1) is 5.92 Å². The van der Waals surface area contributed by atoms with Gasteiger partial charge in [0.1, 0.15) is 6.54 Å². The maximum atomic E-state index is 13.3. The third kappa shape index (κ3) is 5.64. The minimum absolute atomic E-state index is 0.0228. The van der Waals surface area contributed by atoms with Gasteiger partial charge in [-0.3, -0.25) is 9.59 Å². The molecule has 182 valence electrons. The maximum absolute atomic E-state index is 13.3. The predicted molar refractivity (Wildman–Crippen MR) is 134 cm³/mol. The van der Waals surface area contributed by atoms with Crippen LogP contribution in [0.15, 0.2) is 58.3 Å². The predicted octanol–water partition coefficient (Wildman–Crippen LogP) is 3.64. The van der Waals surface area contributed by atoms with Gasteiger partial charge in [-0.05, 0) is 42.5 Å². The summed E-state index contributed by atoms with van der Waals surface area (Å²) in [4.78, 5) is 28.2. The van der Waals surface area contributed by atoms with E-state index in [1.807, 2.05) is 37.3 Å². The minimum Gasteiger partial charge on any atom is -0.350 e. The molecule has 0 bridgehead atoms. The van der Waals surface area contributed by atoms with Gasteiger partial charge in [-0.1, -0.05) is 44.2 Å². The van der Waals surface area contributed by atoms with Crippen molar-refractivity contribution >= 4 is 39.3 Å². The first-order valence-electron chi connectivity index (χ1n) is 11.7. The van der Waals surface area contributed by atoms with Gasteiger partial charge in [0.2, 0.25) is 21.8 Å². The molecule has 2 aromatic rings. The number of hydrogen-bond donors (Lipinski definition) is 1. The van der Waals surface area contributed by atoms with Gasteiger partial charge in [-0.15, -0.1) is 11.8 Å². The number of carbonyl (C=O) groups excluding carboxylic acids is 2. The Morgan fingerprint density at radius 1 is 1.09 bits per heavy atom. The van der Waals surface area contributed by atoms with Crippen LogP contribution in [0.4, 0.5) is 5.69 Å². The summed E-state index contributed by atoms with van der Waals surface area (Å²) in [6.07, 6.45) is 1.95. The molecular formula is C25H31N3O4S2. The first-order chi connectivity index (χ1) is 16.2. The molecule has 9 heteroatoms. The topological polar surface area (TPSA) is 86.8 Å². The van der Waals surface area contributed by atoms with E-state index in [0.717, 1.165) is 23.3 Å². The Morgan fingerprint density at radius 3 is 2.50 bits per heavy atom. The van der Waals surface area contributed by atoms with Crippen molar-refractivity contribution in [1.29, 1.82) is 0 Å². The Kier molecular flexibility index (Phi) is 7.64. The Hall–Kier alpha value is -2.36. The fourth-order valence-corrected chi connectivity index (χ4v) is 6.85. The van der Waals surface area contributed by atoms with Crippen LogP contribution in [0.3, 0.4) is 0 Å². The number of anilines is 1. The van der Waals surface area contributed by atoms with Gasteiger partial charge in [0.05, 0.1) is 10.6 Å². The number of thioether (sulfide) groups is 1. The molecule has 0 spiro atoms. The number of rotatable bonds is 6. The van der Waals surface area contributed by atoms with Gasteiger partial charge in [-0.25, -0.2) is 8.42 Å². The Morgan fingerprint density at radius 2 is 1.79 bits per heavy atom. The molecule has 2 aliphatic heterocycles. The van der Waals surface area contributed by atoms with Crippen LogP contribution in [0.25, 0.3) is 0 Å². The molecular weight excluding hydrogens is 470 g/mol. The van der Waals surface area contributed by atoms with E-state index >= 15 is 0 Å². The maximum Gasteiger partial charge on any atom is 0.243 e. The molecule has 0 aromatic heterocycles. The van der Waals surface area contributed by atoms with Crippen molar-refractivity contribution in [1.82, 2.24) is 9.62 Å². The summed E-state index contributed by atoms with van der Waals surface area (Å²) in [5.41, 5.74) is 1.45. The molecule has 2 aliphatic rings. The van der Waals surface area contributed by atoms with Crippen LogP contribution in [0.5, 0.6) is 0 Å². The van der Waals surface area contributed by atoms with E-state index in [1.54, 1.807) is 18.2 Å². The van der Waals surface area contributed by atoms with Gasteiger partial charge in [-0.2, -0.15) is 4.31 Å². The van der Waals surface area contributed by atoms with E-state index in [4.69, 9.17) is 0 Å². The number of amides is 2. The second-order valence-electron chi connectivity index (χ2n) is 9.09. The zero-order valence-corrected chi connectivity index (χ0v) is 21.2. The number of carbonyl (C=O) groups is 2. The zero-order valence-electron chi connectivity index (χ0n) is 19.6. The summed E-state index contributed by atoms with van der Waals surface area (Å²) in [7, 11) is -3.67. The van der Waals surface area contributed by atoms with E-state index in [-0.39, 0.29) is 34.9 Å². The smallest absolute Gasteiger partial charge is 0.243 e. The summed E-state index contributed by atoms with van der Waals surface area (Å²) >= 11 is 1.53. The summed E-state index contributed by atoms with van der Waals surface area (Å²) in [5.74, 6) is 0.0369. The van der Waals surface area contributed by atoms with Crippen molar-refractivity contribution in [2.45, 2.75) is 54.7 Å². The van der Waals surface area contributed by atoms with Crippen molar-refractivity contribution in [2.24, 2.45) is 5.92 Å². The molecule has 1 unspecified atom stereocenters. The highest BCUT2D eigenvalue weighted by atomic mass is 32.2. The first kappa shape index (κ1) is 24.8. The average molecular weight is 502 g/mol. The summed E-state index contributed by atoms with van der Waals surface area (Å²) in [6, 6.07) is 14.5. The molecule has 7 nitrogen and oxygen atoms in total. The van der Waals surface area contributed by atoms with Gasteiger partial charge < -0.3 is 10.2 Å². The fraction of sp³-hybridized carbons (Fsp3) is 0.440. The van der Waals surface area contributed by atoms with Crippen molar-refractivity contribution in [3.8, 4) is 0 Å². The molecule has 1 fully saturated rings. The largest absolute Gasteiger partial charge is 0.350 e. The zero-order chi connectivity index (χ0) is 24.3. The Labute approximate surface area is 205 Å². The second-order valence-corrected chi connectivity index (χ2v) is 12.5. The SMILES string of the molecule is CC1CCN(S(=O)(=O)c2ccc3c(c2)N(CC(=O)NCc2ccccc2)C(=O)CC(C)S3)CC1. The minimum atomic E-state index is -3.67. The van der Waals surface area contributed by atoms with Gasteiger partial charge >= 0.3 is 0 Å². The standard InChI is InChI=1S/C25H31N3O4S2/c1-18-10-12-27(13-11-18)34(31,32)21-8-9-23-22(15-21)28(25(30)14-19(2)33-23)17-24(29)26-16-20-6-4-3-5-7-20/h3-9,15,18-19H,10-14,16-17H2,1-2H3,(H,26,29). The second kappa shape index (κ2) is 10.5. The quantitative estimate of drug-likeness (QED) is 0.653. The molecule has 2 amide bonds. The first-order valence-corrected chi connectivity index (χ1v) is 14.0. The lowest BCUT2D eigenvalue weighted by Gasteiger charge is -2.30.